The smallest absolute Gasteiger partial charge is 0.232 e. The molecule has 0 aliphatic rings. The second-order valence-corrected chi connectivity index (χ2v) is 6.23. The van der Waals surface area contributed by atoms with E-state index in [-0.39, 0.29) is 5.91 Å². The summed E-state index contributed by atoms with van der Waals surface area (Å²) in [5, 5.41) is 9.29. The van der Waals surface area contributed by atoms with Crippen LogP contribution < -0.4 is 0 Å². The summed E-state index contributed by atoms with van der Waals surface area (Å²) in [7, 11) is 3.49. The molecule has 122 valence electrons. The molecule has 24 heavy (non-hydrogen) atoms. The van der Waals surface area contributed by atoms with E-state index < -0.39 is 0 Å². The molecule has 0 spiro atoms. The number of hydrogen-bond acceptors (Lipinski definition) is 5. The summed E-state index contributed by atoms with van der Waals surface area (Å²) >= 11 is 1.38. The van der Waals surface area contributed by atoms with E-state index in [4.69, 9.17) is 0 Å². The molecular weight excluding hydrogens is 322 g/mol. The number of amides is 1. The maximum Gasteiger partial charge on any atom is 0.232 e. The zero-order valence-corrected chi connectivity index (χ0v) is 14.3. The first-order valence-corrected chi connectivity index (χ1v) is 8.39. The summed E-state index contributed by atoms with van der Waals surface area (Å²) in [6.45, 7) is 0. The van der Waals surface area contributed by atoms with Gasteiger partial charge in [-0.25, -0.2) is 0 Å². The summed E-state index contributed by atoms with van der Waals surface area (Å²) in [6.07, 6.45) is 3.45. The van der Waals surface area contributed by atoms with Gasteiger partial charge in [-0.3, -0.25) is 14.3 Å². The summed E-state index contributed by atoms with van der Waals surface area (Å²) in [6, 6.07) is 13.7. The Hall–Kier alpha value is -2.67. The lowest BCUT2D eigenvalue weighted by molar-refractivity contribution is -0.125. The highest BCUT2D eigenvalue weighted by molar-refractivity contribution is 7.99. The molecule has 3 aromatic rings. The van der Waals surface area contributed by atoms with Crippen molar-refractivity contribution in [3.05, 3.63) is 54.9 Å². The molecule has 0 fully saturated rings. The van der Waals surface area contributed by atoms with Gasteiger partial charge in [0.15, 0.2) is 11.0 Å². The Labute approximate surface area is 144 Å². The number of hydrogen-bond donors (Lipinski definition) is 0. The number of benzene rings is 1. The predicted molar refractivity (Wildman–Crippen MR) is 94.0 cm³/mol. The lowest BCUT2D eigenvalue weighted by Gasteiger charge is -2.12. The van der Waals surface area contributed by atoms with Crippen molar-refractivity contribution < 1.29 is 4.79 Å². The molecule has 0 unspecified atom stereocenters. The highest BCUT2D eigenvalue weighted by atomic mass is 32.2. The third kappa shape index (κ3) is 3.46. The molecule has 0 aliphatic carbocycles. The largest absolute Gasteiger partial charge is 0.348 e. The van der Waals surface area contributed by atoms with Crippen LogP contribution in [0.3, 0.4) is 0 Å². The normalized spacial score (nSPS) is 10.6. The Morgan fingerprint density at radius 1 is 1.08 bits per heavy atom. The molecule has 1 aromatic carbocycles. The van der Waals surface area contributed by atoms with E-state index in [0.29, 0.717) is 10.9 Å². The molecule has 0 radical (unpaired) electrons. The Morgan fingerprint density at radius 3 is 2.46 bits per heavy atom. The minimum absolute atomic E-state index is 0.0353. The monoisotopic (exact) mass is 339 g/mol. The van der Waals surface area contributed by atoms with Crippen LogP contribution in [0.2, 0.25) is 0 Å². The quantitative estimate of drug-likeness (QED) is 0.668. The van der Waals surface area contributed by atoms with Gasteiger partial charge in [-0.1, -0.05) is 30.0 Å². The van der Waals surface area contributed by atoms with Gasteiger partial charge in [0.1, 0.15) is 0 Å². The topological polar surface area (TPSA) is 63.9 Å². The van der Waals surface area contributed by atoms with Crippen molar-refractivity contribution >= 4 is 17.7 Å². The van der Waals surface area contributed by atoms with Gasteiger partial charge in [0, 0.05) is 37.7 Å². The van der Waals surface area contributed by atoms with Crippen LogP contribution in [0.15, 0.2) is 60.0 Å². The van der Waals surface area contributed by atoms with Crippen LogP contribution in [0.4, 0.5) is 0 Å². The maximum absolute atomic E-state index is 11.9. The summed E-state index contributed by atoms with van der Waals surface area (Å²) in [5.74, 6) is 1.07. The second kappa shape index (κ2) is 7.27. The number of pyridine rings is 1. The Bertz CT molecular complexity index is 818. The Morgan fingerprint density at radius 2 is 1.79 bits per heavy atom. The highest BCUT2D eigenvalue weighted by Crippen LogP contribution is 2.27. The number of rotatable bonds is 5. The van der Waals surface area contributed by atoms with Gasteiger partial charge in [0.05, 0.1) is 5.75 Å². The van der Waals surface area contributed by atoms with Crippen molar-refractivity contribution in [1.82, 2.24) is 24.6 Å². The molecule has 2 aromatic heterocycles. The van der Waals surface area contributed by atoms with E-state index in [1.165, 1.54) is 11.8 Å². The average Bonchev–Trinajstić information content (AvgIpc) is 3.05. The van der Waals surface area contributed by atoms with E-state index in [1.54, 1.807) is 31.4 Å². The van der Waals surface area contributed by atoms with Gasteiger partial charge in [0.25, 0.3) is 0 Å². The predicted octanol–water partition coefficient (Wildman–Crippen LogP) is 2.51. The van der Waals surface area contributed by atoms with Crippen LogP contribution in [-0.4, -0.2) is 50.4 Å². The van der Waals surface area contributed by atoms with Crippen LogP contribution in [0.25, 0.3) is 17.1 Å². The number of para-hydroxylation sites is 1. The van der Waals surface area contributed by atoms with Gasteiger partial charge in [-0.2, -0.15) is 0 Å². The summed E-state index contributed by atoms with van der Waals surface area (Å²) in [4.78, 5) is 17.5. The molecular formula is C17H17N5OS. The molecule has 6 nitrogen and oxygen atoms in total. The number of aromatic nitrogens is 4. The molecule has 7 heteroatoms. The van der Waals surface area contributed by atoms with Crippen molar-refractivity contribution in [3.63, 3.8) is 0 Å². The highest BCUT2D eigenvalue weighted by Gasteiger charge is 2.17. The summed E-state index contributed by atoms with van der Waals surface area (Å²) in [5.41, 5.74) is 1.88. The molecule has 0 aliphatic heterocycles. The van der Waals surface area contributed by atoms with Crippen molar-refractivity contribution in [1.29, 1.82) is 0 Å². The lowest BCUT2D eigenvalue weighted by atomic mass is 10.2. The Kier molecular flexibility index (Phi) is 4.90. The third-order valence-corrected chi connectivity index (χ3v) is 4.32. The van der Waals surface area contributed by atoms with Crippen LogP contribution in [0, 0.1) is 0 Å². The Balaban J connectivity index is 2.01. The summed E-state index contributed by atoms with van der Waals surface area (Å²) < 4.78 is 1.96. The van der Waals surface area contributed by atoms with Gasteiger partial charge in [0.2, 0.25) is 5.91 Å². The first-order chi connectivity index (χ1) is 11.7. The molecule has 3 rings (SSSR count). The number of thioether (sulfide) groups is 1. The van der Waals surface area contributed by atoms with Crippen molar-refractivity contribution in [3.8, 4) is 17.1 Å². The van der Waals surface area contributed by atoms with Crippen LogP contribution >= 0.6 is 11.8 Å². The van der Waals surface area contributed by atoms with Crippen molar-refractivity contribution in [2.45, 2.75) is 5.16 Å². The third-order valence-electron chi connectivity index (χ3n) is 3.41. The molecule has 2 heterocycles. The minimum atomic E-state index is 0.0353. The first-order valence-electron chi connectivity index (χ1n) is 7.41. The first kappa shape index (κ1) is 16.2. The fraction of sp³-hybridized carbons (Fsp3) is 0.176. The minimum Gasteiger partial charge on any atom is -0.348 e. The van der Waals surface area contributed by atoms with E-state index in [0.717, 1.165) is 17.1 Å². The molecule has 0 atom stereocenters. The van der Waals surface area contributed by atoms with E-state index in [9.17, 15) is 4.79 Å². The fourth-order valence-corrected chi connectivity index (χ4v) is 3.05. The van der Waals surface area contributed by atoms with Gasteiger partial charge < -0.3 is 4.90 Å². The average molecular weight is 339 g/mol. The van der Waals surface area contributed by atoms with E-state index >= 15 is 0 Å². The van der Waals surface area contributed by atoms with Gasteiger partial charge >= 0.3 is 0 Å². The zero-order valence-electron chi connectivity index (χ0n) is 13.5. The molecule has 1 amide bonds. The number of carbonyl (C=O) groups is 1. The fourth-order valence-electron chi connectivity index (χ4n) is 2.12. The SMILES string of the molecule is CN(C)C(=O)CSc1nnc(-c2ccncc2)n1-c1ccccc1. The van der Waals surface area contributed by atoms with Crippen molar-refractivity contribution in [2.24, 2.45) is 0 Å². The zero-order chi connectivity index (χ0) is 16.9. The second-order valence-electron chi connectivity index (χ2n) is 5.29. The maximum atomic E-state index is 11.9. The molecule has 0 N–H and O–H groups in total. The number of nitrogens with zero attached hydrogens (tertiary/aromatic N) is 5. The van der Waals surface area contributed by atoms with Gasteiger partial charge in [-0.05, 0) is 24.3 Å². The number of carbonyl (C=O) groups excluding carboxylic acids is 1. The molecule has 0 saturated carbocycles. The van der Waals surface area contributed by atoms with Crippen LogP contribution in [0.5, 0.6) is 0 Å². The lowest BCUT2D eigenvalue weighted by Crippen LogP contribution is -2.23. The van der Waals surface area contributed by atoms with E-state index in [1.807, 2.05) is 47.0 Å². The van der Waals surface area contributed by atoms with Crippen LogP contribution in [0.1, 0.15) is 0 Å². The molecule has 0 saturated heterocycles. The molecule has 0 bridgehead atoms. The van der Waals surface area contributed by atoms with Crippen LogP contribution in [-0.2, 0) is 4.79 Å². The van der Waals surface area contributed by atoms with Gasteiger partial charge in [-0.15, -0.1) is 10.2 Å². The van der Waals surface area contributed by atoms with E-state index in [2.05, 4.69) is 15.2 Å². The van der Waals surface area contributed by atoms with Crippen molar-refractivity contribution in [2.75, 3.05) is 19.8 Å². The standard InChI is InChI=1S/C17H17N5OS/c1-21(2)15(23)12-24-17-20-19-16(13-8-10-18-11-9-13)22(17)14-6-4-3-5-7-14/h3-11H,12H2,1-2H3.